The molecule has 2 N–H and O–H groups in total. The van der Waals surface area contributed by atoms with E-state index < -0.39 is 5.97 Å². The summed E-state index contributed by atoms with van der Waals surface area (Å²) in [5.74, 6) is -0.817. The molecule has 0 aliphatic carbocycles. The fraction of sp³-hybridized carbons (Fsp3) is 0.105. The van der Waals surface area contributed by atoms with Crippen LogP contribution in [0.1, 0.15) is 34.3 Å². The highest BCUT2D eigenvalue weighted by atomic mass is 16.4. The maximum absolute atomic E-state index is 11.6. The van der Waals surface area contributed by atoms with Crippen molar-refractivity contribution in [3.8, 4) is 5.75 Å². The topological polar surface area (TPSA) is 57.5 Å². The van der Waals surface area contributed by atoms with E-state index in [1.165, 1.54) is 0 Å². The van der Waals surface area contributed by atoms with Crippen molar-refractivity contribution >= 4 is 16.7 Å². The molecular weight excluding hydrogens is 276 g/mol. The smallest absolute Gasteiger partial charge is 0.336 e. The van der Waals surface area contributed by atoms with Crippen LogP contribution in [0.25, 0.3) is 10.8 Å². The third-order valence-corrected chi connectivity index (χ3v) is 4.01. The highest BCUT2D eigenvalue weighted by Gasteiger charge is 2.20. The number of fused-ring (bicyclic) bond motifs is 1. The van der Waals surface area contributed by atoms with E-state index in [4.69, 9.17) is 0 Å². The van der Waals surface area contributed by atoms with Crippen molar-refractivity contribution in [3.05, 3.63) is 77.4 Å². The molecule has 0 spiro atoms. The first kappa shape index (κ1) is 14.1. The summed E-state index contributed by atoms with van der Waals surface area (Å²) in [6, 6.07) is 18.2. The lowest BCUT2D eigenvalue weighted by Crippen LogP contribution is -2.07. The average Bonchev–Trinajstić information content (AvgIpc) is 2.53. The first-order valence-electron chi connectivity index (χ1n) is 7.12. The second kappa shape index (κ2) is 5.53. The standard InChI is InChI=1S/C19H16O3/c1-12(13-5-3-2-4-6-13)18-16-10-8-15(20)11-14(16)7-9-17(18)19(21)22/h2-12,20H,1H3,(H,21,22). The summed E-state index contributed by atoms with van der Waals surface area (Å²) in [5.41, 5.74) is 2.14. The van der Waals surface area contributed by atoms with E-state index in [9.17, 15) is 15.0 Å². The average molecular weight is 292 g/mol. The predicted molar refractivity (Wildman–Crippen MR) is 86.5 cm³/mol. The van der Waals surface area contributed by atoms with E-state index in [-0.39, 0.29) is 11.7 Å². The summed E-state index contributed by atoms with van der Waals surface area (Å²) >= 11 is 0. The van der Waals surface area contributed by atoms with Gasteiger partial charge in [-0.25, -0.2) is 4.79 Å². The van der Waals surface area contributed by atoms with Crippen LogP contribution in [0, 0.1) is 0 Å². The van der Waals surface area contributed by atoms with E-state index in [2.05, 4.69) is 0 Å². The van der Waals surface area contributed by atoms with Gasteiger partial charge in [-0.15, -0.1) is 0 Å². The van der Waals surface area contributed by atoms with Crippen LogP contribution in [0.4, 0.5) is 0 Å². The molecule has 0 amide bonds. The zero-order valence-corrected chi connectivity index (χ0v) is 12.2. The van der Waals surface area contributed by atoms with Gasteiger partial charge in [0.15, 0.2) is 0 Å². The van der Waals surface area contributed by atoms with Crippen LogP contribution >= 0.6 is 0 Å². The maximum atomic E-state index is 11.6. The Hall–Kier alpha value is -2.81. The Morgan fingerprint density at radius 2 is 1.73 bits per heavy atom. The number of rotatable bonds is 3. The van der Waals surface area contributed by atoms with Gasteiger partial charge >= 0.3 is 5.97 Å². The molecule has 22 heavy (non-hydrogen) atoms. The molecular formula is C19H16O3. The molecule has 0 saturated carbocycles. The summed E-state index contributed by atoms with van der Waals surface area (Å²) < 4.78 is 0. The maximum Gasteiger partial charge on any atom is 0.336 e. The molecule has 110 valence electrons. The molecule has 1 unspecified atom stereocenters. The number of aromatic hydroxyl groups is 1. The molecule has 3 nitrogen and oxygen atoms in total. The number of carboxylic acid groups (broad SMARTS) is 1. The zero-order valence-electron chi connectivity index (χ0n) is 12.2. The number of phenols is 1. The second-order valence-corrected chi connectivity index (χ2v) is 5.37. The molecule has 0 saturated heterocycles. The molecule has 0 fully saturated rings. The minimum absolute atomic E-state index is 0.0551. The number of carbonyl (C=O) groups is 1. The third-order valence-electron chi connectivity index (χ3n) is 4.01. The first-order valence-corrected chi connectivity index (χ1v) is 7.12. The van der Waals surface area contributed by atoms with Gasteiger partial charge in [-0.05, 0) is 40.1 Å². The lowest BCUT2D eigenvalue weighted by atomic mass is 9.86. The van der Waals surface area contributed by atoms with Gasteiger partial charge in [-0.1, -0.05) is 49.4 Å². The summed E-state index contributed by atoms with van der Waals surface area (Å²) in [4.78, 5) is 11.6. The number of carboxylic acids is 1. The largest absolute Gasteiger partial charge is 0.508 e. The summed E-state index contributed by atoms with van der Waals surface area (Å²) in [6.07, 6.45) is 0. The van der Waals surface area contributed by atoms with Crippen molar-refractivity contribution in [2.24, 2.45) is 0 Å². The molecule has 3 rings (SSSR count). The lowest BCUT2D eigenvalue weighted by molar-refractivity contribution is 0.0695. The van der Waals surface area contributed by atoms with E-state index in [0.717, 1.165) is 21.9 Å². The van der Waals surface area contributed by atoms with Crippen LogP contribution in [0.5, 0.6) is 5.75 Å². The highest BCUT2D eigenvalue weighted by molar-refractivity contribution is 5.99. The van der Waals surface area contributed by atoms with Crippen molar-refractivity contribution in [3.63, 3.8) is 0 Å². The highest BCUT2D eigenvalue weighted by Crippen LogP contribution is 2.34. The van der Waals surface area contributed by atoms with Gasteiger partial charge in [0, 0.05) is 5.92 Å². The molecule has 1 atom stereocenters. The van der Waals surface area contributed by atoms with Crippen molar-refractivity contribution in [1.29, 1.82) is 0 Å². The fourth-order valence-electron chi connectivity index (χ4n) is 2.90. The number of benzene rings is 3. The van der Waals surface area contributed by atoms with E-state index >= 15 is 0 Å². The molecule has 0 heterocycles. The number of hydrogen-bond acceptors (Lipinski definition) is 2. The fourth-order valence-corrected chi connectivity index (χ4v) is 2.90. The van der Waals surface area contributed by atoms with Gasteiger partial charge in [0.1, 0.15) is 5.75 Å². The number of phenolic OH excluding ortho intramolecular Hbond substituents is 1. The first-order chi connectivity index (χ1) is 10.6. The van der Waals surface area contributed by atoms with Crippen molar-refractivity contribution in [2.75, 3.05) is 0 Å². The molecule has 3 aromatic rings. The zero-order chi connectivity index (χ0) is 15.7. The van der Waals surface area contributed by atoms with Crippen LogP contribution in [-0.2, 0) is 0 Å². The monoisotopic (exact) mass is 292 g/mol. The van der Waals surface area contributed by atoms with E-state index in [1.807, 2.05) is 37.3 Å². The normalized spacial score (nSPS) is 12.2. The summed E-state index contributed by atoms with van der Waals surface area (Å²) in [6.45, 7) is 2.00. The minimum atomic E-state index is -0.937. The molecule has 0 aromatic heterocycles. The van der Waals surface area contributed by atoms with Crippen LogP contribution in [-0.4, -0.2) is 16.2 Å². The Balaban J connectivity index is 2.29. The molecule has 0 radical (unpaired) electrons. The van der Waals surface area contributed by atoms with Gasteiger partial charge in [0.2, 0.25) is 0 Å². The Morgan fingerprint density at radius 3 is 2.41 bits per heavy atom. The summed E-state index contributed by atoms with van der Waals surface area (Å²) in [5, 5.41) is 20.9. The van der Waals surface area contributed by atoms with E-state index in [0.29, 0.717) is 5.56 Å². The molecule has 3 aromatic carbocycles. The molecule has 3 heteroatoms. The Kier molecular flexibility index (Phi) is 3.55. The Labute approximate surface area is 128 Å². The van der Waals surface area contributed by atoms with E-state index in [1.54, 1.807) is 30.3 Å². The van der Waals surface area contributed by atoms with Gasteiger partial charge in [-0.2, -0.15) is 0 Å². The van der Waals surface area contributed by atoms with Crippen LogP contribution < -0.4 is 0 Å². The van der Waals surface area contributed by atoms with Crippen molar-refractivity contribution < 1.29 is 15.0 Å². The number of aromatic carboxylic acids is 1. The van der Waals surface area contributed by atoms with Gasteiger partial charge in [0.05, 0.1) is 5.56 Å². The summed E-state index contributed by atoms with van der Waals surface area (Å²) in [7, 11) is 0. The lowest BCUT2D eigenvalue weighted by Gasteiger charge is -2.18. The minimum Gasteiger partial charge on any atom is -0.508 e. The Morgan fingerprint density at radius 1 is 1.00 bits per heavy atom. The molecule has 0 aliphatic heterocycles. The second-order valence-electron chi connectivity index (χ2n) is 5.37. The van der Waals surface area contributed by atoms with Gasteiger partial charge < -0.3 is 10.2 Å². The third kappa shape index (κ3) is 2.42. The van der Waals surface area contributed by atoms with Crippen molar-refractivity contribution in [1.82, 2.24) is 0 Å². The van der Waals surface area contributed by atoms with Gasteiger partial charge in [-0.3, -0.25) is 0 Å². The Bertz CT molecular complexity index is 838. The SMILES string of the molecule is CC(c1ccccc1)c1c(C(=O)O)ccc2cc(O)ccc12. The number of hydrogen-bond donors (Lipinski definition) is 2. The molecule has 0 bridgehead atoms. The van der Waals surface area contributed by atoms with Crippen LogP contribution in [0.3, 0.4) is 0 Å². The molecule has 0 aliphatic rings. The predicted octanol–water partition coefficient (Wildman–Crippen LogP) is 4.40. The van der Waals surface area contributed by atoms with Gasteiger partial charge in [0.25, 0.3) is 0 Å². The quantitative estimate of drug-likeness (QED) is 0.752. The van der Waals surface area contributed by atoms with Crippen LogP contribution in [0.2, 0.25) is 0 Å². The van der Waals surface area contributed by atoms with Crippen LogP contribution in [0.15, 0.2) is 60.7 Å². The van der Waals surface area contributed by atoms with Crippen molar-refractivity contribution in [2.45, 2.75) is 12.8 Å².